The summed E-state index contributed by atoms with van der Waals surface area (Å²) in [6.07, 6.45) is 8.71. The summed E-state index contributed by atoms with van der Waals surface area (Å²) in [6.45, 7) is 2.14. The van der Waals surface area contributed by atoms with E-state index in [9.17, 15) is 15.0 Å². The van der Waals surface area contributed by atoms with E-state index in [2.05, 4.69) is 11.7 Å². The van der Waals surface area contributed by atoms with Crippen LogP contribution in [-0.2, 0) is 6.42 Å². The monoisotopic (exact) mass is 430 g/mol. The van der Waals surface area contributed by atoms with Crippen molar-refractivity contribution < 1.29 is 24.9 Å². The van der Waals surface area contributed by atoms with E-state index in [0.717, 1.165) is 49.8 Å². The topological polar surface area (TPSA) is 87.0 Å². The van der Waals surface area contributed by atoms with Crippen molar-refractivity contribution in [2.24, 2.45) is 11.8 Å². The molecule has 1 heterocycles. The third kappa shape index (κ3) is 7.39. The fraction of sp³-hybridized carbons (Fsp3) is 0.667. The number of hydrogen-bond donors (Lipinski definition) is 3. The zero-order chi connectivity index (χ0) is 20.5. The lowest BCUT2D eigenvalue weighted by molar-refractivity contribution is 0.138. The Morgan fingerprint density at radius 2 is 2.18 bits per heavy atom. The summed E-state index contributed by atoms with van der Waals surface area (Å²) in [4.78, 5) is 11.6. The standard InChI is InChI=1S/C21H31ClO5S/c1-2-3-4-6-14(23)9-11-17-16(18(22)13-19(17)24)8-5-7-15-10-12-20(28-15)27-21(25)26/h9-12,14,16-19,23-24H,2-8,13H2,1H3,(H,25,26)/b11-9+/t14-,16+,17+,18+,19+/m0/s1. The van der Waals surface area contributed by atoms with Crippen molar-refractivity contribution in [3.63, 3.8) is 0 Å². The minimum absolute atomic E-state index is 0.0300. The van der Waals surface area contributed by atoms with E-state index < -0.39 is 18.4 Å². The van der Waals surface area contributed by atoms with Crippen LogP contribution < -0.4 is 4.74 Å². The average Bonchev–Trinajstić information content (AvgIpc) is 3.17. The molecule has 5 nitrogen and oxygen atoms in total. The molecule has 0 aromatic carbocycles. The minimum atomic E-state index is -1.30. The molecule has 1 aromatic heterocycles. The molecule has 0 unspecified atom stereocenters. The second kappa shape index (κ2) is 11.8. The highest BCUT2D eigenvalue weighted by Gasteiger charge is 2.39. The third-order valence-electron chi connectivity index (χ3n) is 5.31. The van der Waals surface area contributed by atoms with Crippen LogP contribution >= 0.6 is 22.9 Å². The summed E-state index contributed by atoms with van der Waals surface area (Å²) in [7, 11) is 0. The molecule has 0 radical (unpaired) electrons. The van der Waals surface area contributed by atoms with Gasteiger partial charge in [-0.25, -0.2) is 4.79 Å². The van der Waals surface area contributed by atoms with Crippen LogP contribution in [0, 0.1) is 11.8 Å². The van der Waals surface area contributed by atoms with Crippen LogP contribution in [0.15, 0.2) is 24.3 Å². The molecular formula is C21H31ClO5S. The molecule has 1 aliphatic carbocycles. The first-order valence-electron chi connectivity index (χ1n) is 10.1. The molecule has 3 N–H and O–H groups in total. The Balaban J connectivity index is 1.84. The second-order valence-corrected chi connectivity index (χ2v) is 9.18. The molecule has 1 saturated carbocycles. The van der Waals surface area contributed by atoms with Crippen LogP contribution in [0.3, 0.4) is 0 Å². The smallest absolute Gasteiger partial charge is 0.449 e. The van der Waals surface area contributed by atoms with Crippen molar-refractivity contribution in [1.29, 1.82) is 0 Å². The summed E-state index contributed by atoms with van der Waals surface area (Å²) >= 11 is 7.83. The first-order valence-corrected chi connectivity index (χ1v) is 11.3. The van der Waals surface area contributed by atoms with E-state index >= 15 is 0 Å². The van der Waals surface area contributed by atoms with Crippen molar-refractivity contribution in [2.45, 2.75) is 75.9 Å². The summed E-state index contributed by atoms with van der Waals surface area (Å²) in [5, 5.41) is 29.4. The molecule has 1 fully saturated rings. The van der Waals surface area contributed by atoms with Gasteiger partial charge in [0, 0.05) is 16.2 Å². The third-order valence-corrected chi connectivity index (χ3v) is 6.84. The molecular weight excluding hydrogens is 400 g/mol. The van der Waals surface area contributed by atoms with E-state index in [0.29, 0.717) is 11.5 Å². The Labute approximate surface area is 176 Å². The molecule has 0 aliphatic heterocycles. The lowest BCUT2D eigenvalue weighted by Crippen LogP contribution is -2.19. The molecule has 0 saturated heterocycles. The highest BCUT2D eigenvalue weighted by molar-refractivity contribution is 7.13. The molecule has 28 heavy (non-hydrogen) atoms. The lowest BCUT2D eigenvalue weighted by atomic mass is 9.89. The molecule has 1 aliphatic rings. The lowest BCUT2D eigenvalue weighted by Gasteiger charge is -2.21. The normalized spacial score (nSPS) is 26.0. The van der Waals surface area contributed by atoms with Crippen LogP contribution in [0.25, 0.3) is 0 Å². The average molecular weight is 431 g/mol. The number of aryl methyl sites for hydroxylation is 1. The summed E-state index contributed by atoms with van der Waals surface area (Å²) in [5.74, 6) is 0.142. The van der Waals surface area contributed by atoms with Gasteiger partial charge in [0.1, 0.15) is 0 Å². The Morgan fingerprint density at radius 3 is 2.89 bits per heavy atom. The minimum Gasteiger partial charge on any atom is -0.449 e. The first kappa shape index (κ1) is 23.2. The van der Waals surface area contributed by atoms with Gasteiger partial charge < -0.3 is 20.1 Å². The van der Waals surface area contributed by atoms with Gasteiger partial charge in [0.25, 0.3) is 0 Å². The maximum atomic E-state index is 10.6. The van der Waals surface area contributed by atoms with Crippen LogP contribution in [0.5, 0.6) is 5.06 Å². The fourth-order valence-electron chi connectivity index (χ4n) is 3.84. The molecule has 158 valence electrons. The quantitative estimate of drug-likeness (QED) is 0.193. The predicted molar refractivity (Wildman–Crippen MR) is 112 cm³/mol. The van der Waals surface area contributed by atoms with Crippen molar-refractivity contribution in [2.75, 3.05) is 0 Å². The Bertz CT molecular complexity index is 632. The van der Waals surface area contributed by atoms with Gasteiger partial charge in [-0.15, -0.1) is 22.9 Å². The van der Waals surface area contributed by atoms with Gasteiger partial charge in [-0.2, -0.15) is 0 Å². The van der Waals surface area contributed by atoms with Gasteiger partial charge in [0.15, 0.2) is 5.06 Å². The number of ether oxygens (including phenoxy) is 1. The maximum absolute atomic E-state index is 10.6. The Hall–Kier alpha value is -1.08. The van der Waals surface area contributed by atoms with Gasteiger partial charge in [0.2, 0.25) is 0 Å². The maximum Gasteiger partial charge on any atom is 0.512 e. The summed E-state index contributed by atoms with van der Waals surface area (Å²) in [5.41, 5.74) is 0. The van der Waals surface area contributed by atoms with Crippen molar-refractivity contribution >= 4 is 29.1 Å². The largest absolute Gasteiger partial charge is 0.512 e. The number of hydrogen-bond acceptors (Lipinski definition) is 5. The van der Waals surface area contributed by atoms with Crippen LogP contribution in [0.1, 0.15) is 56.7 Å². The van der Waals surface area contributed by atoms with Crippen molar-refractivity contribution in [3.05, 3.63) is 29.2 Å². The summed E-state index contributed by atoms with van der Waals surface area (Å²) < 4.78 is 4.66. The number of aliphatic hydroxyl groups is 2. The van der Waals surface area contributed by atoms with E-state index in [-0.39, 0.29) is 17.2 Å². The number of unbranched alkanes of at least 4 members (excludes halogenated alkanes) is 2. The number of thiophene rings is 1. The molecule has 0 spiro atoms. The molecule has 1 aromatic rings. The molecule has 2 rings (SSSR count). The Morgan fingerprint density at radius 1 is 1.39 bits per heavy atom. The zero-order valence-electron chi connectivity index (χ0n) is 16.3. The molecule has 5 atom stereocenters. The number of aliphatic hydroxyl groups excluding tert-OH is 2. The van der Waals surface area contributed by atoms with Crippen molar-refractivity contribution in [1.82, 2.24) is 0 Å². The fourth-order valence-corrected chi connectivity index (χ4v) is 5.20. The highest BCUT2D eigenvalue weighted by atomic mass is 35.5. The number of carbonyl (C=O) groups is 1. The van der Waals surface area contributed by atoms with Gasteiger partial charge in [-0.1, -0.05) is 38.3 Å². The summed E-state index contributed by atoms with van der Waals surface area (Å²) in [6, 6.07) is 3.55. The van der Waals surface area contributed by atoms with Gasteiger partial charge in [0.05, 0.1) is 12.2 Å². The predicted octanol–water partition coefficient (Wildman–Crippen LogP) is 5.23. The molecule has 7 heteroatoms. The van der Waals surface area contributed by atoms with Crippen LogP contribution in [-0.4, -0.2) is 39.1 Å². The number of alkyl halides is 1. The first-order chi connectivity index (χ1) is 13.4. The number of halogens is 1. The van der Waals surface area contributed by atoms with E-state index in [1.807, 2.05) is 18.2 Å². The van der Waals surface area contributed by atoms with E-state index in [1.165, 1.54) is 11.3 Å². The van der Waals surface area contributed by atoms with Gasteiger partial charge in [-0.05, 0) is 50.2 Å². The van der Waals surface area contributed by atoms with Gasteiger partial charge >= 0.3 is 6.16 Å². The Kier molecular flexibility index (Phi) is 9.79. The van der Waals surface area contributed by atoms with E-state index in [4.69, 9.17) is 16.7 Å². The van der Waals surface area contributed by atoms with Gasteiger partial charge in [-0.3, -0.25) is 0 Å². The van der Waals surface area contributed by atoms with Crippen molar-refractivity contribution in [3.8, 4) is 5.06 Å². The van der Waals surface area contributed by atoms with Crippen LogP contribution in [0.2, 0.25) is 0 Å². The SMILES string of the molecule is CCCCC[C@H](O)/C=C/[C@@H]1[C@@H](CCCc2ccc(OC(=O)O)s2)[C@H](Cl)C[C@H]1O. The number of carboxylic acid groups (broad SMARTS) is 1. The highest BCUT2D eigenvalue weighted by Crippen LogP contribution is 2.40. The zero-order valence-corrected chi connectivity index (χ0v) is 17.9. The second-order valence-electron chi connectivity index (χ2n) is 7.49. The number of rotatable bonds is 11. The van der Waals surface area contributed by atoms with E-state index in [1.54, 1.807) is 6.07 Å². The molecule has 0 amide bonds. The van der Waals surface area contributed by atoms with Crippen LogP contribution in [0.4, 0.5) is 4.79 Å². The molecule has 0 bridgehead atoms.